The number of hydrogen-bond acceptors (Lipinski definition) is 3. The van der Waals surface area contributed by atoms with Gasteiger partial charge in [0.15, 0.2) is 6.61 Å². The Balaban J connectivity index is 2.01. The van der Waals surface area contributed by atoms with Gasteiger partial charge < -0.3 is 10.1 Å². The highest BCUT2D eigenvalue weighted by molar-refractivity contribution is 6.43. The van der Waals surface area contributed by atoms with Crippen molar-refractivity contribution in [3.05, 3.63) is 56.0 Å². The Kier molecular flexibility index (Phi) is 5.97. The van der Waals surface area contributed by atoms with E-state index in [0.29, 0.717) is 15.7 Å². The van der Waals surface area contributed by atoms with Crippen molar-refractivity contribution in [2.24, 2.45) is 0 Å². The fraction of sp³-hybridized carbons (Fsp3) is 0.0667. The fourth-order valence-corrected chi connectivity index (χ4v) is 2.40. The second-order valence-electron chi connectivity index (χ2n) is 4.34. The highest BCUT2D eigenvalue weighted by Crippen LogP contribution is 2.33. The van der Waals surface area contributed by atoms with Crippen molar-refractivity contribution in [2.45, 2.75) is 0 Å². The molecule has 23 heavy (non-hydrogen) atoms. The number of ether oxygens (including phenoxy) is 1. The van der Waals surface area contributed by atoms with Gasteiger partial charge in [-0.25, -0.2) is 0 Å². The molecule has 0 bridgehead atoms. The summed E-state index contributed by atoms with van der Waals surface area (Å²) in [6, 6.07) is 9.34. The predicted octanol–water partition coefficient (Wildman–Crippen LogP) is 5.19. The molecule has 2 aromatic carbocycles. The zero-order valence-electron chi connectivity index (χ0n) is 11.4. The van der Waals surface area contributed by atoms with Crippen molar-refractivity contribution >= 4 is 58.0 Å². The molecule has 0 atom stereocenters. The topological polar surface area (TPSA) is 62.1 Å². The summed E-state index contributed by atoms with van der Waals surface area (Å²) in [5.74, 6) is -0.191. The van der Waals surface area contributed by atoms with Gasteiger partial charge in [0.1, 0.15) is 11.8 Å². The van der Waals surface area contributed by atoms with Crippen molar-refractivity contribution in [3.8, 4) is 11.8 Å². The smallest absolute Gasteiger partial charge is 0.262 e. The number of carbonyl (C=O) groups excluding carboxylic acids is 1. The molecule has 2 aromatic rings. The Morgan fingerprint density at radius 1 is 1.04 bits per heavy atom. The lowest BCUT2D eigenvalue weighted by molar-refractivity contribution is -0.118. The lowest BCUT2D eigenvalue weighted by Gasteiger charge is -2.10. The molecule has 118 valence electrons. The molecule has 0 heterocycles. The Hall–Kier alpha value is -1.64. The highest BCUT2D eigenvalue weighted by Gasteiger charge is 2.10. The van der Waals surface area contributed by atoms with Crippen LogP contribution in [-0.2, 0) is 4.79 Å². The maximum atomic E-state index is 11.9. The number of carbonyl (C=O) groups is 1. The van der Waals surface area contributed by atoms with E-state index in [9.17, 15) is 4.79 Å². The molecule has 0 saturated carbocycles. The maximum Gasteiger partial charge on any atom is 0.262 e. The van der Waals surface area contributed by atoms with Crippen molar-refractivity contribution in [1.29, 1.82) is 5.26 Å². The second kappa shape index (κ2) is 7.76. The van der Waals surface area contributed by atoms with Gasteiger partial charge >= 0.3 is 0 Å². The second-order valence-corrected chi connectivity index (χ2v) is 5.97. The molecule has 0 saturated heterocycles. The third-order valence-electron chi connectivity index (χ3n) is 2.70. The van der Waals surface area contributed by atoms with Crippen molar-refractivity contribution < 1.29 is 9.53 Å². The average molecular weight is 390 g/mol. The number of halogens is 4. The van der Waals surface area contributed by atoms with Gasteiger partial charge in [-0.2, -0.15) is 5.26 Å². The predicted molar refractivity (Wildman–Crippen MR) is 91.8 cm³/mol. The first-order valence-corrected chi connectivity index (χ1v) is 7.68. The van der Waals surface area contributed by atoms with Crippen LogP contribution in [0.1, 0.15) is 5.56 Å². The summed E-state index contributed by atoms with van der Waals surface area (Å²) >= 11 is 23.4. The van der Waals surface area contributed by atoms with Gasteiger partial charge in [0.25, 0.3) is 5.91 Å². The molecule has 0 radical (unpaired) electrons. The van der Waals surface area contributed by atoms with E-state index in [4.69, 9.17) is 56.4 Å². The zero-order chi connectivity index (χ0) is 17.0. The average Bonchev–Trinajstić information content (AvgIpc) is 2.51. The van der Waals surface area contributed by atoms with E-state index in [-0.39, 0.29) is 28.0 Å². The number of anilines is 1. The summed E-state index contributed by atoms with van der Waals surface area (Å²) < 4.78 is 5.31. The van der Waals surface area contributed by atoms with E-state index in [0.717, 1.165) is 0 Å². The van der Waals surface area contributed by atoms with E-state index in [2.05, 4.69) is 5.32 Å². The van der Waals surface area contributed by atoms with Crippen molar-refractivity contribution in [2.75, 3.05) is 11.9 Å². The molecule has 1 N–H and O–H groups in total. The number of rotatable bonds is 4. The monoisotopic (exact) mass is 388 g/mol. The van der Waals surface area contributed by atoms with E-state index >= 15 is 0 Å². The summed E-state index contributed by atoms with van der Waals surface area (Å²) in [6.45, 7) is -0.289. The van der Waals surface area contributed by atoms with E-state index in [1.54, 1.807) is 6.07 Å². The minimum absolute atomic E-state index is 0.241. The number of nitrogens with zero attached hydrogens (tertiary/aromatic N) is 1. The third-order valence-corrected chi connectivity index (χ3v) is 4.05. The molecule has 2 rings (SSSR count). The summed E-state index contributed by atoms with van der Waals surface area (Å²) in [5, 5.41) is 12.6. The molecular weight excluding hydrogens is 382 g/mol. The van der Waals surface area contributed by atoms with Crippen LogP contribution in [0.3, 0.4) is 0 Å². The largest absolute Gasteiger partial charge is 0.482 e. The normalized spacial score (nSPS) is 10.0. The Labute approximate surface area is 152 Å². The van der Waals surface area contributed by atoms with Crippen LogP contribution in [0.2, 0.25) is 20.1 Å². The van der Waals surface area contributed by atoms with E-state index in [1.165, 1.54) is 24.3 Å². The Morgan fingerprint density at radius 2 is 1.74 bits per heavy atom. The van der Waals surface area contributed by atoms with Gasteiger partial charge in [-0.1, -0.05) is 46.4 Å². The molecule has 0 spiro atoms. The van der Waals surface area contributed by atoms with Crippen LogP contribution in [0.4, 0.5) is 5.69 Å². The molecule has 0 aliphatic heterocycles. The summed E-state index contributed by atoms with van der Waals surface area (Å²) in [7, 11) is 0. The van der Waals surface area contributed by atoms with Gasteiger partial charge in [-0.15, -0.1) is 0 Å². The van der Waals surface area contributed by atoms with Crippen LogP contribution in [0.15, 0.2) is 30.3 Å². The minimum Gasteiger partial charge on any atom is -0.482 e. The Bertz CT molecular complexity index is 803. The lowest BCUT2D eigenvalue weighted by Crippen LogP contribution is -2.20. The quantitative estimate of drug-likeness (QED) is 0.732. The first-order valence-electron chi connectivity index (χ1n) is 6.17. The number of amides is 1. The summed E-state index contributed by atoms with van der Waals surface area (Å²) in [5.41, 5.74) is 0.692. The zero-order valence-corrected chi connectivity index (χ0v) is 14.4. The van der Waals surface area contributed by atoms with Crippen LogP contribution in [-0.4, -0.2) is 12.5 Å². The molecule has 8 heteroatoms. The minimum atomic E-state index is -0.432. The van der Waals surface area contributed by atoms with Gasteiger partial charge in [0.2, 0.25) is 0 Å². The number of benzene rings is 2. The third kappa shape index (κ3) is 4.66. The fourth-order valence-electron chi connectivity index (χ4n) is 1.64. The number of hydrogen-bond donors (Lipinski definition) is 1. The van der Waals surface area contributed by atoms with Gasteiger partial charge in [-0.3, -0.25) is 4.79 Å². The number of nitriles is 1. The van der Waals surface area contributed by atoms with Crippen molar-refractivity contribution in [1.82, 2.24) is 0 Å². The molecule has 0 fully saturated rings. The molecule has 4 nitrogen and oxygen atoms in total. The van der Waals surface area contributed by atoms with Crippen LogP contribution >= 0.6 is 46.4 Å². The molecule has 0 aromatic heterocycles. The van der Waals surface area contributed by atoms with Crippen LogP contribution in [0.5, 0.6) is 5.75 Å². The van der Waals surface area contributed by atoms with Crippen molar-refractivity contribution in [3.63, 3.8) is 0 Å². The van der Waals surface area contributed by atoms with Crippen LogP contribution < -0.4 is 10.1 Å². The van der Waals surface area contributed by atoms with E-state index < -0.39 is 5.91 Å². The van der Waals surface area contributed by atoms with Gasteiger partial charge in [0, 0.05) is 11.8 Å². The molecular formula is C15H8Cl4N2O2. The molecule has 0 unspecified atom stereocenters. The highest BCUT2D eigenvalue weighted by atomic mass is 35.5. The SMILES string of the molecule is N#Cc1cc(NC(=O)COc2cc(Cl)c(Cl)cc2Cl)ccc1Cl. The van der Waals surface area contributed by atoms with Crippen LogP contribution in [0.25, 0.3) is 0 Å². The lowest BCUT2D eigenvalue weighted by atomic mass is 10.2. The van der Waals surface area contributed by atoms with Crippen LogP contribution in [0, 0.1) is 11.3 Å². The van der Waals surface area contributed by atoms with E-state index in [1.807, 2.05) is 6.07 Å². The molecule has 0 aliphatic carbocycles. The first-order chi connectivity index (χ1) is 10.9. The summed E-state index contributed by atoms with van der Waals surface area (Å²) in [4.78, 5) is 11.9. The van der Waals surface area contributed by atoms with Gasteiger partial charge in [-0.05, 0) is 24.3 Å². The summed E-state index contributed by atoms with van der Waals surface area (Å²) in [6.07, 6.45) is 0. The maximum absolute atomic E-state index is 11.9. The molecule has 1 amide bonds. The van der Waals surface area contributed by atoms with Gasteiger partial charge in [0.05, 0.1) is 25.7 Å². The standard InChI is InChI=1S/C15H8Cl4N2O2/c16-10-2-1-9(3-8(10)6-20)21-15(22)7-23-14-5-12(18)11(17)4-13(14)19/h1-5H,7H2,(H,21,22). The first kappa shape index (κ1) is 17.7. The number of nitrogens with one attached hydrogen (secondary N) is 1. The molecule has 0 aliphatic rings. The Morgan fingerprint density at radius 3 is 2.43 bits per heavy atom.